The SMILES string of the molecule is CC(=O)N1CCc2cc(Br)c(S(=O)(=O)CCC(=O)NCCN3CCCC[C@H]3C)cc21. The number of rotatable bonds is 7. The molecule has 0 radical (unpaired) electrons. The zero-order valence-corrected chi connectivity index (χ0v) is 20.0. The average molecular weight is 500 g/mol. The summed E-state index contributed by atoms with van der Waals surface area (Å²) < 4.78 is 26.2. The number of benzene rings is 1. The van der Waals surface area contributed by atoms with E-state index in [-0.39, 0.29) is 28.9 Å². The van der Waals surface area contributed by atoms with Crippen molar-refractivity contribution in [2.45, 2.75) is 56.9 Å². The highest BCUT2D eigenvalue weighted by Gasteiger charge is 2.28. The molecule has 30 heavy (non-hydrogen) atoms. The fraction of sp³-hybridized carbons (Fsp3) is 0.619. The average Bonchev–Trinajstić information content (AvgIpc) is 3.10. The number of piperidine rings is 1. The lowest BCUT2D eigenvalue weighted by Gasteiger charge is -2.33. The van der Waals surface area contributed by atoms with E-state index >= 15 is 0 Å². The molecule has 3 rings (SSSR count). The molecule has 2 aliphatic rings. The summed E-state index contributed by atoms with van der Waals surface area (Å²) in [5, 5.41) is 2.84. The highest BCUT2D eigenvalue weighted by molar-refractivity contribution is 9.10. The number of carbonyl (C=O) groups excluding carboxylic acids is 2. The predicted molar refractivity (Wildman–Crippen MR) is 120 cm³/mol. The minimum absolute atomic E-state index is 0.0855. The van der Waals surface area contributed by atoms with Gasteiger partial charge in [-0.05, 0) is 66.4 Å². The summed E-state index contributed by atoms with van der Waals surface area (Å²) in [4.78, 5) is 28.1. The van der Waals surface area contributed by atoms with Gasteiger partial charge in [0.05, 0.1) is 10.6 Å². The summed E-state index contributed by atoms with van der Waals surface area (Å²) >= 11 is 3.35. The number of nitrogens with zero attached hydrogens (tertiary/aromatic N) is 2. The van der Waals surface area contributed by atoms with Crippen LogP contribution in [0.25, 0.3) is 0 Å². The number of carbonyl (C=O) groups is 2. The molecule has 0 aromatic heterocycles. The Bertz CT molecular complexity index is 919. The van der Waals surface area contributed by atoms with Gasteiger partial charge in [-0.25, -0.2) is 8.42 Å². The Labute approximate surface area is 187 Å². The van der Waals surface area contributed by atoms with E-state index in [9.17, 15) is 18.0 Å². The first-order valence-electron chi connectivity index (χ1n) is 10.5. The number of anilines is 1. The molecule has 1 atom stereocenters. The van der Waals surface area contributed by atoms with E-state index in [1.165, 1.54) is 26.2 Å². The van der Waals surface area contributed by atoms with Crippen LogP contribution >= 0.6 is 15.9 Å². The Morgan fingerprint density at radius 3 is 2.70 bits per heavy atom. The maximum Gasteiger partial charge on any atom is 0.223 e. The molecule has 0 bridgehead atoms. The number of nitrogens with one attached hydrogen (secondary N) is 1. The second kappa shape index (κ2) is 9.78. The Morgan fingerprint density at radius 1 is 1.23 bits per heavy atom. The van der Waals surface area contributed by atoms with Crippen molar-refractivity contribution in [2.24, 2.45) is 0 Å². The molecular formula is C21H30BrN3O4S. The van der Waals surface area contributed by atoms with Gasteiger partial charge in [-0.1, -0.05) is 6.42 Å². The quantitative estimate of drug-likeness (QED) is 0.622. The van der Waals surface area contributed by atoms with Crippen LogP contribution in [0.3, 0.4) is 0 Å². The monoisotopic (exact) mass is 499 g/mol. The third-order valence-corrected chi connectivity index (χ3v) is 8.67. The smallest absolute Gasteiger partial charge is 0.223 e. The number of hydrogen-bond acceptors (Lipinski definition) is 5. The molecule has 1 fully saturated rings. The Balaban J connectivity index is 1.57. The fourth-order valence-corrected chi connectivity index (χ4v) is 6.66. The number of likely N-dealkylation sites (tertiary alicyclic amines) is 1. The number of sulfone groups is 1. The van der Waals surface area contributed by atoms with E-state index in [4.69, 9.17) is 0 Å². The van der Waals surface area contributed by atoms with E-state index < -0.39 is 9.84 Å². The van der Waals surface area contributed by atoms with E-state index in [2.05, 4.69) is 33.1 Å². The standard InChI is InChI=1S/C21H30BrN3O4S/c1-15-5-3-4-9-24(15)11-8-23-21(27)7-12-30(28,29)20-14-19-17(13-18(20)22)6-10-25(19)16(2)26/h13-15H,3-12H2,1-2H3,(H,23,27)/t15-/m1/s1. The minimum atomic E-state index is -3.67. The predicted octanol–water partition coefficient (Wildman–Crippen LogP) is 2.51. The zero-order valence-electron chi connectivity index (χ0n) is 17.6. The molecule has 166 valence electrons. The van der Waals surface area contributed by atoms with Crippen molar-refractivity contribution in [3.63, 3.8) is 0 Å². The van der Waals surface area contributed by atoms with Gasteiger partial charge < -0.3 is 10.2 Å². The van der Waals surface area contributed by atoms with Crippen molar-refractivity contribution in [3.05, 3.63) is 22.2 Å². The van der Waals surface area contributed by atoms with E-state index in [1.807, 2.05) is 0 Å². The molecule has 1 saturated heterocycles. The van der Waals surface area contributed by atoms with Crippen LogP contribution in [0.4, 0.5) is 5.69 Å². The summed E-state index contributed by atoms with van der Waals surface area (Å²) in [6.07, 6.45) is 4.24. The van der Waals surface area contributed by atoms with Crippen LogP contribution in [0.5, 0.6) is 0 Å². The third-order valence-electron chi connectivity index (χ3n) is 6.00. The van der Waals surface area contributed by atoms with E-state index in [1.54, 1.807) is 17.0 Å². The molecule has 2 aliphatic heterocycles. The summed E-state index contributed by atoms with van der Waals surface area (Å²) in [7, 11) is -3.67. The Kier molecular flexibility index (Phi) is 7.57. The number of fused-ring (bicyclic) bond motifs is 1. The van der Waals surface area contributed by atoms with Crippen LogP contribution in [0, 0.1) is 0 Å². The third kappa shape index (κ3) is 5.42. The minimum Gasteiger partial charge on any atom is -0.355 e. The first-order valence-corrected chi connectivity index (χ1v) is 13.0. The second-order valence-electron chi connectivity index (χ2n) is 8.13. The first kappa shape index (κ1) is 23.2. The van der Waals surface area contributed by atoms with Gasteiger partial charge in [-0.3, -0.25) is 14.5 Å². The van der Waals surface area contributed by atoms with Crippen molar-refractivity contribution >= 4 is 43.3 Å². The molecule has 1 aromatic rings. The summed E-state index contributed by atoms with van der Waals surface area (Å²) in [5.41, 5.74) is 1.59. The largest absolute Gasteiger partial charge is 0.355 e. The lowest BCUT2D eigenvalue weighted by molar-refractivity contribution is -0.120. The maximum absolute atomic E-state index is 12.9. The molecule has 0 unspecified atom stereocenters. The lowest BCUT2D eigenvalue weighted by atomic mass is 10.0. The van der Waals surface area contributed by atoms with Gasteiger partial charge in [-0.15, -0.1) is 0 Å². The van der Waals surface area contributed by atoms with E-state index in [0.29, 0.717) is 35.7 Å². The number of hydrogen-bond donors (Lipinski definition) is 1. The Hall–Kier alpha value is -1.45. The second-order valence-corrected chi connectivity index (χ2v) is 11.1. The molecule has 0 aliphatic carbocycles. The topological polar surface area (TPSA) is 86.8 Å². The van der Waals surface area contributed by atoms with Gasteiger partial charge >= 0.3 is 0 Å². The summed E-state index contributed by atoms with van der Waals surface area (Å²) in [6.45, 7) is 6.60. The molecular weight excluding hydrogens is 470 g/mol. The molecule has 7 nitrogen and oxygen atoms in total. The van der Waals surface area contributed by atoms with Crippen LogP contribution in [0.2, 0.25) is 0 Å². The van der Waals surface area contributed by atoms with Crippen LogP contribution in [-0.4, -0.2) is 63.1 Å². The van der Waals surface area contributed by atoms with Crippen LogP contribution in [-0.2, 0) is 25.8 Å². The zero-order chi connectivity index (χ0) is 21.9. The number of amides is 2. The molecule has 2 heterocycles. The van der Waals surface area contributed by atoms with Gasteiger partial charge in [0, 0.05) is 49.2 Å². The molecule has 2 amide bonds. The van der Waals surface area contributed by atoms with Gasteiger partial charge in [0.2, 0.25) is 11.8 Å². The van der Waals surface area contributed by atoms with E-state index in [0.717, 1.165) is 18.7 Å². The molecule has 9 heteroatoms. The molecule has 1 aromatic carbocycles. The first-order chi connectivity index (χ1) is 14.2. The Morgan fingerprint density at radius 2 is 2.00 bits per heavy atom. The molecule has 0 saturated carbocycles. The highest BCUT2D eigenvalue weighted by atomic mass is 79.9. The summed E-state index contributed by atoms with van der Waals surface area (Å²) in [5.74, 6) is -0.635. The maximum atomic E-state index is 12.9. The molecule has 1 N–H and O–H groups in total. The molecule has 0 spiro atoms. The van der Waals surface area contributed by atoms with Crippen LogP contribution in [0.15, 0.2) is 21.5 Å². The van der Waals surface area contributed by atoms with Gasteiger partial charge in [0.15, 0.2) is 9.84 Å². The van der Waals surface area contributed by atoms with Crippen LogP contribution in [0.1, 0.15) is 45.1 Å². The number of halogens is 1. The fourth-order valence-electron chi connectivity index (χ4n) is 4.21. The van der Waals surface area contributed by atoms with Crippen molar-refractivity contribution in [1.82, 2.24) is 10.2 Å². The normalized spacial score (nSPS) is 19.6. The van der Waals surface area contributed by atoms with Gasteiger partial charge in [-0.2, -0.15) is 0 Å². The van der Waals surface area contributed by atoms with Gasteiger partial charge in [0.25, 0.3) is 0 Å². The van der Waals surface area contributed by atoms with Crippen LogP contribution < -0.4 is 10.2 Å². The van der Waals surface area contributed by atoms with Crippen molar-refractivity contribution in [1.29, 1.82) is 0 Å². The van der Waals surface area contributed by atoms with Gasteiger partial charge in [0.1, 0.15) is 0 Å². The van der Waals surface area contributed by atoms with Crippen molar-refractivity contribution in [2.75, 3.05) is 36.8 Å². The summed E-state index contributed by atoms with van der Waals surface area (Å²) in [6, 6.07) is 3.85. The van der Waals surface area contributed by atoms with Crippen molar-refractivity contribution in [3.8, 4) is 0 Å². The highest BCUT2D eigenvalue weighted by Crippen LogP contribution is 2.36. The lowest BCUT2D eigenvalue weighted by Crippen LogP contribution is -2.42. The van der Waals surface area contributed by atoms with Crippen molar-refractivity contribution < 1.29 is 18.0 Å².